The number of rotatable bonds is 4. The number of non-ortho nitro benzene ring substituents is 1. The van der Waals surface area contributed by atoms with Crippen molar-refractivity contribution in [2.75, 3.05) is 0 Å². The first kappa shape index (κ1) is 22.4. The van der Waals surface area contributed by atoms with Gasteiger partial charge in [0.2, 0.25) is 0 Å². The van der Waals surface area contributed by atoms with Gasteiger partial charge in [0.05, 0.1) is 10.6 Å². The Balaban J connectivity index is 1.43. The number of hydrogen-bond donors (Lipinski definition) is 2. The van der Waals surface area contributed by atoms with E-state index in [4.69, 9.17) is 11.3 Å². The molecule has 0 aromatic heterocycles. The van der Waals surface area contributed by atoms with Crippen LogP contribution in [0, 0.1) is 39.7 Å². The molecule has 0 spiro atoms. The molecule has 0 radical (unpaired) electrons. The topological polar surface area (TPSA) is 105 Å². The maximum atomic E-state index is 11.2. The molecule has 3 aliphatic carbocycles. The Morgan fingerprint density at radius 2 is 2.00 bits per heavy atom. The second-order valence-electron chi connectivity index (χ2n) is 10.1. The summed E-state index contributed by atoms with van der Waals surface area (Å²) in [5, 5.41) is 36.7. The molecule has 0 aliphatic heterocycles. The summed E-state index contributed by atoms with van der Waals surface area (Å²) in [5.74, 6) is 3.76. The summed E-state index contributed by atoms with van der Waals surface area (Å²) >= 11 is 0. The Morgan fingerprint density at radius 3 is 2.71 bits per heavy atom. The van der Waals surface area contributed by atoms with Gasteiger partial charge >= 0.3 is 0 Å². The van der Waals surface area contributed by atoms with Crippen LogP contribution in [0.2, 0.25) is 0 Å². The van der Waals surface area contributed by atoms with E-state index in [9.17, 15) is 20.3 Å². The lowest BCUT2D eigenvalue weighted by atomic mass is 9.53. The number of hydrogen-bond acceptors (Lipinski definition) is 6. The van der Waals surface area contributed by atoms with Crippen molar-refractivity contribution in [2.45, 2.75) is 57.2 Å². The van der Waals surface area contributed by atoms with Crippen LogP contribution in [0.15, 0.2) is 47.6 Å². The number of nitro benzene ring substituents is 1. The van der Waals surface area contributed by atoms with Gasteiger partial charge in [0.1, 0.15) is 18.0 Å². The maximum absolute atomic E-state index is 11.2. The van der Waals surface area contributed by atoms with Gasteiger partial charge in [-0.25, -0.2) is 0 Å². The second kappa shape index (κ2) is 8.14. The van der Waals surface area contributed by atoms with E-state index in [0.29, 0.717) is 18.8 Å². The van der Waals surface area contributed by atoms with Gasteiger partial charge in [-0.2, -0.15) is 0 Å². The Hall–Kier alpha value is -3.37. The van der Waals surface area contributed by atoms with Crippen molar-refractivity contribution in [3.8, 4) is 18.1 Å². The van der Waals surface area contributed by atoms with Crippen LogP contribution < -0.4 is 0 Å². The van der Waals surface area contributed by atoms with E-state index in [0.717, 1.165) is 41.7 Å². The van der Waals surface area contributed by atoms with Crippen LogP contribution in [0.1, 0.15) is 61.6 Å². The second-order valence-corrected chi connectivity index (χ2v) is 10.1. The third-order valence-electron chi connectivity index (χ3n) is 8.56. The number of aliphatic hydroxyl groups is 1. The van der Waals surface area contributed by atoms with Crippen LogP contribution in [0.3, 0.4) is 0 Å². The minimum absolute atomic E-state index is 0.0293. The lowest BCUT2D eigenvalue weighted by Crippen LogP contribution is -2.50. The molecule has 34 heavy (non-hydrogen) atoms. The van der Waals surface area contributed by atoms with Crippen molar-refractivity contribution in [2.24, 2.45) is 22.4 Å². The van der Waals surface area contributed by atoms with Crippen molar-refractivity contribution in [1.82, 2.24) is 0 Å². The highest BCUT2D eigenvalue weighted by Crippen LogP contribution is 2.64. The van der Waals surface area contributed by atoms with Gasteiger partial charge in [-0.05, 0) is 85.3 Å². The molecule has 7 heteroatoms. The zero-order valence-corrected chi connectivity index (χ0v) is 19.1. The Labute approximate surface area is 198 Å². The minimum atomic E-state index is -1.08. The van der Waals surface area contributed by atoms with Crippen LogP contribution >= 0.6 is 0 Å². The number of fused-ring (bicyclic) bond motifs is 5. The first-order valence-corrected chi connectivity index (χ1v) is 11.7. The Bertz CT molecular complexity index is 1200. The summed E-state index contributed by atoms with van der Waals surface area (Å²) in [6.45, 7) is 2.32. The lowest BCUT2D eigenvalue weighted by Gasteiger charge is -2.52. The van der Waals surface area contributed by atoms with Crippen LogP contribution in [0.4, 0.5) is 5.69 Å². The summed E-state index contributed by atoms with van der Waals surface area (Å²) in [6, 6.07) is 11.6. The molecule has 3 aliphatic rings. The predicted octanol–water partition coefficient (Wildman–Crippen LogP) is 4.90. The predicted molar refractivity (Wildman–Crippen MR) is 127 cm³/mol. The van der Waals surface area contributed by atoms with Gasteiger partial charge < -0.3 is 15.1 Å². The largest absolute Gasteiger partial charge is 0.508 e. The number of oxime groups is 1. The van der Waals surface area contributed by atoms with Crippen molar-refractivity contribution < 1.29 is 20.0 Å². The number of phenolic OH excluding ortho intramolecular Hbond substituents is 1. The molecule has 7 nitrogen and oxygen atoms in total. The van der Waals surface area contributed by atoms with E-state index in [2.05, 4.69) is 18.0 Å². The van der Waals surface area contributed by atoms with E-state index in [1.807, 2.05) is 6.07 Å². The third-order valence-corrected chi connectivity index (χ3v) is 8.56. The molecule has 176 valence electrons. The van der Waals surface area contributed by atoms with Gasteiger partial charge in [0.15, 0.2) is 0 Å². The fraction of sp³-hybridized carbons (Fsp3) is 0.444. The van der Waals surface area contributed by atoms with E-state index >= 15 is 0 Å². The first-order chi connectivity index (χ1) is 16.3. The van der Waals surface area contributed by atoms with E-state index in [1.165, 1.54) is 12.1 Å². The lowest BCUT2D eigenvalue weighted by molar-refractivity contribution is -0.384. The zero-order chi connectivity index (χ0) is 24.1. The SMILES string of the molecule is C#C[C@@]1(O)CC[C@H]2[C@@H]3CC(=NOCc4ccc([N+](=O)[O-])cc4)c4cc(O)ccc4[C@H]3CC[C@@]21C. The van der Waals surface area contributed by atoms with Crippen molar-refractivity contribution in [3.05, 3.63) is 69.3 Å². The maximum Gasteiger partial charge on any atom is 0.269 e. The molecular weight excluding hydrogens is 432 g/mol. The highest BCUT2D eigenvalue weighted by molar-refractivity contribution is 6.03. The zero-order valence-electron chi connectivity index (χ0n) is 19.1. The van der Waals surface area contributed by atoms with Crippen LogP contribution in [0.5, 0.6) is 5.75 Å². The fourth-order valence-electron chi connectivity index (χ4n) is 6.65. The van der Waals surface area contributed by atoms with Crippen molar-refractivity contribution in [1.29, 1.82) is 0 Å². The number of benzene rings is 2. The smallest absolute Gasteiger partial charge is 0.269 e. The molecular formula is C27H28N2O5. The van der Waals surface area contributed by atoms with Gasteiger partial charge in [-0.1, -0.05) is 24.1 Å². The summed E-state index contributed by atoms with van der Waals surface area (Å²) < 4.78 is 0. The van der Waals surface area contributed by atoms with E-state index in [1.54, 1.807) is 24.3 Å². The molecule has 5 atom stereocenters. The van der Waals surface area contributed by atoms with Crippen LogP contribution in [-0.2, 0) is 11.4 Å². The van der Waals surface area contributed by atoms with E-state index < -0.39 is 10.5 Å². The number of phenols is 1. The molecule has 2 aromatic carbocycles. The van der Waals surface area contributed by atoms with E-state index in [-0.39, 0.29) is 35.3 Å². The highest BCUT2D eigenvalue weighted by atomic mass is 16.6. The minimum Gasteiger partial charge on any atom is -0.508 e. The number of nitrogens with zero attached hydrogens (tertiary/aromatic N) is 2. The summed E-state index contributed by atoms with van der Waals surface area (Å²) in [4.78, 5) is 16.1. The molecule has 2 fully saturated rings. The standard InChI is InChI=1S/C27H28N2O5/c1-3-27(31)13-11-24-22-15-25(28-34-16-17-4-6-18(7-5-17)29(32)33)23-14-19(30)8-9-20(23)21(22)10-12-26(24,27)2/h1,4-9,14,21-22,24,30-31H,10-13,15-16H2,2H3/t21-,22-,24+,26+,27-/m1/s1. The molecule has 5 rings (SSSR count). The first-order valence-electron chi connectivity index (χ1n) is 11.7. The average Bonchev–Trinajstić information content (AvgIpc) is 3.10. The number of aromatic hydroxyl groups is 1. The monoisotopic (exact) mass is 460 g/mol. The van der Waals surface area contributed by atoms with Gasteiger partial charge in [0, 0.05) is 23.1 Å². The molecule has 0 saturated heterocycles. The molecule has 2 aromatic rings. The number of nitro groups is 1. The van der Waals surface area contributed by atoms with Gasteiger partial charge in [-0.3, -0.25) is 10.1 Å². The third kappa shape index (κ3) is 3.45. The molecule has 0 unspecified atom stereocenters. The quantitative estimate of drug-likeness (QED) is 0.384. The number of terminal acetylenes is 1. The van der Waals surface area contributed by atoms with Crippen LogP contribution in [-0.4, -0.2) is 26.4 Å². The average molecular weight is 461 g/mol. The molecule has 0 bridgehead atoms. The Morgan fingerprint density at radius 1 is 1.24 bits per heavy atom. The highest BCUT2D eigenvalue weighted by Gasteiger charge is 2.61. The Kier molecular flexibility index (Phi) is 5.37. The fourth-order valence-corrected chi connectivity index (χ4v) is 6.65. The normalized spacial score (nSPS) is 32.9. The molecule has 2 saturated carbocycles. The molecule has 0 amide bonds. The van der Waals surface area contributed by atoms with Crippen LogP contribution in [0.25, 0.3) is 0 Å². The summed E-state index contributed by atoms with van der Waals surface area (Å²) in [7, 11) is 0. The van der Waals surface area contributed by atoms with Crippen molar-refractivity contribution in [3.63, 3.8) is 0 Å². The molecule has 2 N–H and O–H groups in total. The van der Waals surface area contributed by atoms with Gasteiger partial charge in [0.25, 0.3) is 5.69 Å². The van der Waals surface area contributed by atoms with Gasteiger partial charge in [-0.15, -0.1) is 6.42 Å². The summed E-state index contributed by atoms with van der Waals surface area (Å²) in [6.07, 6.45) is 9.75. The summed E-state index contributed by atoms with van der Waals surface area (Å²) in [5.41, 5.74) is 2.23. The van der Waals surface area contributed by atoms with Crippen molar-refractivity contribution >= 4 is 11.4 Å². The molecule has 0 heterocycles.